The summed E-state index contributed by atoms with van der Waals surface area (Å²) in [6.07, 6.45) is 3.13. The molecule has 1 aromatic carbocycles. The van der Waals surface area contributed by atoms with E-state index < -0.39 is 16.0 Å². The highest BCUT2D eigenvalue weighted by atomic mass is 32.2. The molecule has 0 spiro atoms. The van der Waals surface area contributed by atoms with Crippen LogP contribution in [0.5, 0.6) is 0 Å². The maximum Gasteiger partial charge on any atom is 0.335 e. The molecule has 0 unspecified atom stereocenters. The van der Waals surface area contributed by atoms with Crippen molar-refractivity contribution in [2.45, 2.75) is 11.4 Å². The number of carboxylic acids is 1. The highest BCUT2D eigenvalue weighted by Gasteiger charge is 2.22. The summed E-state index contributed by atoms with van der Waals surface area (Å²) in [5, 5.41) is 8.90. The minimum Gasteiger partial charge on any atom is -0.478 e. The molecule has 0 radical (unpaired) electrons. The lowest BCUT2D eigenvalue weighted by Gasteiger charge is -2.16. The fourth-order valence-corrected chi connectivity index (χ4v) is 2.83. The van der Waals surface area contributed by atoms with Crippen LogP contribution in [0.1, 0.15) is 16.2 Å². The van der Waals surface area contributed by atoms with Crippen LogP contribution < -0.4 is 0 Å². The van der Waals surface area contributed by atoms with Crippen LogP contribution in [0.2, 0.25) is 0 Å². The Balaban J connectivity index is 2.29. The van der Waals surface area contributed by atoms with Gasteiger partial charge in [0, 0.05) is 19.4 Å². The molecule has 2 aromatic rings. The summed E-state index contributed by atoms with van der Waals surface area (Å²) in [7, 11) is -2.35. The molecule has 0 bridgehead atoms. The number of H-pyrrole nitrogens is 1. The molecule has 1 heterocycles. The lowest BCUT2D eigenvalue weighted by molar-refractivity contribution is 0.0696. The molecule has 0 aliphatic heterocycles. The van der Waals surface area contributed by atoms with E-state index in [-0.39, 0.29) is 17.0 Å². The first-order valence-electron chi connectivity index (χ1n) is 5.69. The van der Waals surface area contributed by atoms with Crippen LogP contribution in [0, 0.1) is 0 Å². The number of carbonyl (C=O) groups is 1. The van der Waals surface area contributed by atoms with E-state index >= 15 is 0 Å². The van der Waals surface area contributed by atoms with Gasteiger partial charge >= 0.3 is 5.97 Å². The summed E-state index contributed by atoms with van der Waals surface area (Å²) in [5.41, 5.74) is -0.0718. The lowest BCUT2D eigenvalue weighted by atomic mass is 10.2. The molecule has 0 fully saturated rings. The molecule has 2 N–H and O–H groups in total. The van der Waals surface area contributed by atoms with Crippen molar-refractivity contribution in [1.29, 1.82) is 0 Å². The van der Waals surface area contributed by atoms with Crippen molar-refractivity contribution in [1.82, 2.24) is 14.3 Å². The SMILES string of the molecule is CN(Cc1ncc[nH]1)S(=O)(=O)c1cccc(C(=O)O)c1. The van der Waals surface area contributed by atoms with E-state index in [1.165, 1.54) is 31.4 Å². The van der Waals surface area contributed by atoms with Crippen LogP contribution in [0.15, 0.2) is 41.6 Å². The van der Waals surface area contributed by atoms with E-state index in [2.05, 4.69) is 9.97 Å². The first-order chi connectivity index (χ1) is 9.41. The predicted molar refractivity (Wildman–Crippen MR) is 70.6 cm³/mol. The molecule has 7 nitrogen and oxygen atoms in total. The minimum absolute atomic E-state index is 0.0635. The fraction of sp³-hybridized carbons (Fsp3) is 0.167. The van der Waals surface area contributed by atoms with Crippen molar-refractivity contribution >= 4 is 16.0 Å². The van der Waals surface area contributed by atoms with Crippen molar-refractivity contribution in [3.05, 3.63) is 48.0 Å². The zero-order valence-corrected chi connectivity index (χ0v) is 11.5. The monoisotopic (exact) mass is 295 g/mol. The third-order valence-corrected chi connectivity index (χ3v) is 4.52. The molecule has 0 saturated carbocycles. The number of carboxylic acid groups (broad SMARTS) is 1. The van der Waals surface area contributed by atoms with Crippen molar-refractivity contribution < 1.29 is 18.3 Å². The highest BCUT2D eigenvalue weighted by molar-refractivity contribution is 7.89. The van der Waals surface area contributed by atoms with Crippen LogP contribution in [-0.2, 0) is 16.6 Å². The van der Waals surface area contributed by atoms with Gasteiger partial charge in [-0.1, -0.05) is 6.07 Å². The molecule has 8 heteroatoms. The summed E-state index contributed by atoms with van der Waals surface area (Å²) in [6, 6.07) is 5.24. The summed E-state index contributed by atoms with van der Waals surface area (Å²) in [5.74, 6) is -0.666. The third kappa shape index (κ3) is 2.86. The molecule has 2 rings (SSSR count). The Kier molecular flexibility index (Phi) is 3.86. The van der Waals surface area contributed by atoms with E-state index in [4.69, 9.17) is 5.11 Å². The number of rotatable bonds is 5. The number of sulfonamides is 1. The Morgan fingerprint density at radius 2 is 2.20 bits per heavy atom. The van der Waals surface area contributed by atoms with Gasteiger partial charge in [0.15, 0.2) is 0 Å². The van der Waals surface area contributed by atoms with E-state index in [9.17, 15) is 13.2 Å². The number of aromatic amines is 1. The first kappa shape index (κ1) is 14.2. The maximum atomic E-state index is 12.3. The van der Waals surface area contributed by atoms with E-state index in [0.717, 1.165) is 10.4 Å². The van der Waals surface area contributed by atoms with Crippen molar-refractivity contribution in [2.75, 3.05) is 7.05 Å². The molecule has 0 aliphatic rings. The van der Waals surface area contributed by atoms with E-state index in [1.807, 2.05) is 0 Å². The van der Waals surface area contributed by atoms with E-state index in [1.54, 1.807) is 6.20 Å². The summed E-state index contributed by atoms with van der Waals surface area (Å²) in [4.78, 5) is 17.6. The number of nitrogens with one attached hydrogen (secondary N) is 1. The average Bonchev–Trinajstić information content (AvgIpc) is 2.91. The third-order valence-electron chi connectivity index (χ3n) is 2.72. The van der Waals surface area contributed by atoms with Gasteiger partial charge in [-0.15, -0.1) is 0 Å². The molecule has 1 aromatic heterocycles. The van der Waals surface area contributed by atoms with Gasteiger partial charge in [-0.25, -0.2) is 18.2 Å². The normalized spacial score (nSPS) is 11.7. The summed E-state index contributed by atoms with van der Waals surface area (Å²) in [6.45, 7) is 0.0760. The van der Waals surface area contributed by atoms with Gasteiger partial charge in [0.25, 0.3) is 0 Å². The fourth-order valence-electron chi connectivity index (χ4n) is 1.65. The number of benzene rings is 1. The van der Waals surface area contributed by atoms with Crippen molar-refractivity contribution in [3.8, 4) is 0 Å². The van der Waals surface area contributed by atoms with Crippen LogP contribution in [0.3, 0.4) is 0 Å². The smallest absolute Gasteiger partial charge is 0.335 e. The van der Waals surface area contributed by atoms with Crippen LogP contribution in [0.4, 0.5) is 0 Å². The zero-order valence-electron chi connectivity index (χ0n) is 10.6. The second kappa shape index (κ2) is 5.43. The maximum absolute atomic E-state index is 12.3. The number of nitrogens with zero attached hydrogens (tertiary/aromatic N) is 2. The molecule has 0 atom stereocenters. The standard InChI is InChI=1S/C12H13N3O4S/c1-15(8-11-13-5-6-14-11)20(18,19)10-4-2-3-9(7-10)12(16)17/h2-7H,8H2,1H3,(H,13,14)(H,16,17). The second-order valence-electron chi connectivity index (χ2n) is 4.13. The first-order valence-corrected chi connectivity index (χ1v) is 7.13. The molecular formula is C12H13N3O4S. The molecular weight excluding hydrogens is 282 g/mol. The topological polar surface area (TPSA) is 103 Å². The Bertz CT molecular complexity index is 710. The number of hydrogen-bond acceptors (Lipinski definition) is 4. The zero-order chi connectivity index (χ0) is 14.8. The largest absolute Gasteiger partial charge is 0.478 e. The van der Waals surface area contributed by atoms with Gasteiger partial charge in [-0.05, 0) is 18.2 Å². The lowest BCUT2D eigenvalue weighted by Crippen LogP contribution is -2.27. The van der Waals surface area contributed by atoms with Gasteiger partial charge < -0.3 is 10.1 Å². The molecule has 106 valence electrons. The minimum atomic E-state index is -3.76. The van der Waals surface area contributed by atoms with Gasteiger partial charge in [0.1, 0.15) is 5.82 Å². The van der Waals surface area contributed by atoms with Crippen LogP contribution >= 0.6 is 0 Å². The number of imidazole rings is 1. The quantitative estimate of drug-likeness (QED) is 0.854. The Morgan fingerprint density at radius 1 is 1.45 bits per heavy atom. The van der Waals surface area contributed by atoms with Crippen LogP contribution in [-0.4, -0.2) is 40.8 Å². The Morgan fingerprint density at radius 3 is 2.80 bits per heavy atom. The van der Waals surface area contributed by atoms with Gasteiger partial charge in [-0.2, -0.15) is 4.31 Å². The molecule has 0 aliphatic carbocycles. The highest BCUT2D eigenvalue weighted by Crippen LogP contribution is 2.17. The second-order valence-corrected chi connectivity index (χ2v) is 6.17. The van der Waals surface area contributed by atoms with Gasteiger partial charge in [0.05, 0.1) is 17.0 Å². The van der Waals surface area contributed by atoms with E-state index in [0.29, 0.717) is 5.82 Å². The molecule has 20 heavy (non-hydrogen) atoms. The van der Waals surface area contributed by atoms with Crippen molar-refractivity contribution in [3.63, 3.8) is 0 Å². The average molecular weight is 295 g/mol. The van der Waals surface area contributed by atoms with Gasteiger partial charge in [0.2, 0.25) is 10.0 Å². The predicted octanol–water partition coefficient (Wildman–Crippen LogP) is 0.929. The number of hydrogen-bond donors (Lipinski definition) is 2. The summed E-state index contributed by atoms with van der Waals surface area (Å²) >= 11 is 0. The molecule has 0 amide bonds. The number of aromatic carboxylic acids is 1. The van der Waals surface area contributed by atoms with Crippen LogP contribution in [0.25, 0.3) is 0 Å². The molecule has 0 saturated heterocycles. The van der Waals surface area contributed by atoms with Gasteiger partial charge in [-0.3, -0.25) is 0 Å². The Hall–Kier alpha value is -2.19. The summed E-state index contributed by atoms with van der Waals surface area (Å²) < 4.78 is 25.8. The van der Waals surface area contributed by atoms with Crippen molar-refractivity contribution in [2.24, 2.45) is 0 Å². The Labute approximate surface area is 115 Å². The number of aromatic nitrogens is 2.